The third kappa shape index (κ3) is 3.23. The van der Waals surface area contributed by atoms with Crippen LogP contribution in [-0.2, 0) is 16.8 Å². The molecule has 0 unspecified atom stereocenters. The number of nitrogens with one attached hydrogen (secondary N) is 1. The lowest BCUT2D eigenvalue weighted by molar-refractivity contribution is -0.134. The molecular formula is C21H20ClN3O2. The molecule has 1 saturated carbocycles. The van der Waals surface area contributed by atoms with Crippen molar-refractivity contribution in [2.75, 3.05) is 6.54 Å². The predicted molar refractivity (Wildman–Crippen MR) is 106 cm³/mol. The maximum atomic E-state index is 13.3. The SMILES string of the molecule is CCN(Cc1nc2ccccc2c(=O)[nH]1)C(=O)C1(c2ccc(Cl)cc2)CC1. The van der Waals surface area contributed by atoms with Gasteiger partial charge in [-0.05, 0) is 49.6 Å². The van der Waals surface area contributed by atoms with Crippen molar-refractivity contribution in [3.05, 3.63) is 75.3 Å². The van der Waals surface area contributed by atoms with Crippen molar-refractivity contribution in [1.82, 2.24) is 14.9 Å². The number of carbonyl (C=O) groups excluding carboxylic acids is 1. The van der Waals surface area contributed by atoms with Gasteiger partial charge in [-0.3, -0.25) is 9.59 Å². The number of rotatable bonds is 5. The highest BCUT2D eigenvalue weighted by Crippen LogP contribution is 2.49. The fourth-order valence-electron chi connectivity index (χ4n) is 3.54. The normalized spacial score (nSPS) is 14.9. The number of fused-ring (bicyclic) bond motifs is 1. The summed E-state index contributed by atoms with van der Waals surface area (Å²) in [6.07, 6.45) is 1.65. The summed E-state index contributed by atoms with van der Waals surface area (Å²) in [5.41, 5.74) is 0.976. The average Bonchev–Trinajstić information content (AvgIpc) is 3.48. The minimum Gasteiger partial charge on any atom is -0.335 e. The lowest BCUT2D eigenvalue weighted by Gasteiger charge is -2.26. The van der Waals surface area contributed by atoms with E-state index in [1.165, 1.54) is 0 Å². The molecule has 3 aromatic rings. The summed E-state index contributed by atoms with van der Waals surface area (Å²) < 4.78 is 0. The number of amides is 1. The summed E-state index contributed by atoms with van der Waals surface area (Å²) in [4.78, 5) is 34.7. The lowest BCUT2D eigenvalue weighted by Crippen LogP contribution is -2.39. The van der Waals surface area contributed by atoms with E-state index in [-0.39, 0.29) is 18.0 Å². The number of aromatic amines is 1. The van der Waals surface area contributed by atoms with E-state index in [0.717, 1.165) is 18.4 Å². The first-order chi connectivity index (χ1) is 13.0. The highest BCUT2D eigenvalue weighted by molar-refractivity contribution is 6.30. The Kier molecular flexibility index (Phi) is 4.48. The number of hydrogen-bond acceptors (Lipinski definition) is 3. The molecule has 1 aliphatic carbocycles. The fraction of sp³-hybridized carbons (Fsp3) is 0.286. The van der Waals surface area contributed by atoms with Crippen LogP contribution in [0.3, 0.4) is 0 Å². The maximum Gasteiger partial charge on any atom is 0.258 e. The second-order valence-electron chi connectivity index (χ2n) is 6.94. The van der Waals surface area contributed by atoms with Crippen molar-refractivity contribution in [2.45, 2.75) is 31.7 Å². The van der Waals surface area contributed by atoms with Crippen molar-refractivity contribution in [3.8, 4) is 0 Å². The standard InChI is InChI=1S/C21H20ClN3O2/c1-2-25(13-18-23-17-6-4-3-5-16(17)19(26)24-18)20(27)21(11-12-21)14-7-9-15(22)10-8-14/h3-10H,2,11-13H2,1H3,(H,23,24,26). The molecule has 1 fully saturated rings. The molecule has 2 aromatic carbocycles. The molecule has 1 N–H and O–H groups in total. The molecule has 0 aliphatic heterocycles. The van der Waals surface area contributed by atoms with Gasteiger partial charge in [0.1, 0.15) is 5.82 Å². The van der Waals surface area contributed by atoms with Crippen LogP contribution in [0.4, 0.5) is 0 Å². The highest BCUT2D eigenvalue weighted by atomic mass is 35.5. The van der Waals surface area contributed by atoms with E-state index in [9.17, 15) is 9.59 Å². The molecule has 0 saturated heterocycles. The average molecular weight is 382 g/mol. The Balaban J connectivity index is 1.62. The van der Waals surface area contributed by atoms with Gasteiger partial charge in [0, 0.05) is 11.6 Å². The summed E-state index contributed by atoms with van der Waals surface area (Å²) in [7, 11) is 0. The minimum absolute atomic E-state index is 0.0723. The van der Waals surface area contributed by atoms with Crippen molar-refractivity contribution in [1.29, 1.82) is 0 Å². The van der Waals surface area contributed by atoms with E-state index in [2.05, 4.69) is 9.97 Å². The summed E-state index contributed by atoms with van der Waals surface area (Å²) in [6.45, 7) is 2.77. The van der Waals surface area contributed by atoms with Gasteiger partial charge in [-0.2, -0.15) is 0 Å². The molecule has 1 aromatic heterocycles. The van der Waals surface area contributed by atoms with Crippen LogP contribution in [-0.4, -0.2) is 27.3 Å². The number of para-hydroxylation sites is 1. The molecule has 1 amide bonds. The molecule has 0 spiro atoms. The maximum absolute atomic E-state index is 13.3. The second-order valence-corrected chi connectivity index (χ2v) is 7.37. The predicted octanol–water partition coefficient (Wildman–Crippen LogP) is 3.66. The number of aromatic nitrogens is 2. The molecule has 5 nitrogen and oxygen atoms in total. The molecule has 0 radical (unpaired) electrons. The summed E-state index contributed by atoms with van der Waals surface area (Å²) in [5, 5.41) is 1.21. The summed E-state index contributed by atoms with van der Waals surface area (Å²) in [5.74, 6) is 0.573. The number of likely N-dealkylation sites (N-methyl/N-ethyl adjacent to an activating group) is 1. The Morgan fingerprint density at radius 3 is 2.56 bits per heavy atom. The topological polar surface area (TPSA) is 66.1 Å². The van der Waals surface area contributed by atoms with Gasteiger partial charge >= 0.3 is 0 Å². The van der Waals surface area contributed by atoms with Crippen LogP contribution < -0.4 is 5.56 Å². The Morgan fingerprint density at radius 1 is 1.19 bits per heavy atom. The van der Waals surface area contributed by atoms with Gasteiger partial charge in [0.15, 0.2) is 0 Å². The Hall–Kier alpha value is -2.66. The first-order valence-electron chi connectivity index (χ1n) is 9.07. The molecular weight excluding hydrogens is 362 g/mol. The smallest absolute Gasteiger partial charge is 0.258 e. The third-order valence-corrected chi connectivity index (χ3v) is 5.48. The van der Waals surface area contributed by atoms with Crippen LogP contribution >= 0.6 is 11.6 Å². The first kappa shape index (κ1) is 17.7. The molecule has 1 heterocycles. The first-order valence-corrected chi connectivity index (χ1v) is 9.44. The van der Waals surface area contributed by atoms with E-state index >= 15 is 0 Å². The second kappa shape index (κ2) is 6.82. The number of benzene rings is 2. The van der Waals surface area contributed by atoms with Crippen LogP contribution in [0.15, 0.2) is 53.3 Å². The molecule has 138 valence electrons. The largest absolute Gasteiger partial charge is 0.335 e. The number of H-pyrrole nitrogens is 1. The van der Waals surface area contributed by atoms with Crippen LogP contribution in [0.25, 0.3) is 10.9 Å². The third-order valence-electron chi connectivity index (χ3n) is 5.23. The fourth-order valence-corrected chi connectivity index (χ4v) is 3.67. The van der Waals surface area contributed by atoms with Crippen LogP contribution in [0, 0.1) is 0 Å². The Labute approximate surface area is 162 Å². The zero-order valence-corrected chi connectivity index (χ0v) is 15.8. The van der Waals surface area contributed by atoms with E-state index in [1.54, 1.807) is 11.0 Å². The van der Waals surface area contributed by atoms with Gasteiger partial charge in [-0.15, -0.1) is 0 Å². The van der Waals surface area contributed by atoms with E-state index < -0.39 is 5.41 Å². The summed E-state index contributed by atoms with van der Waals surface area (Å²) >= 11 is 5.98. The van der Waals surface area contributed by atoms with Gasteiger partial charge in [-0.25, -0.2) is 4.98 Å². The van der Waals surface area contributed by atoms with E-state index in [0.29, 0.717) is 28.3 Å². The van der Waals surface area contributed by atoms with Crippen molar-refractivity contribution in [2.24, 2.45) is 0 Å². The van der Waals surface area contributed by atoms with E-state index in [4.69, 9.17) is 11.6 Å². The monoisotopic (exact) mass is 381 g/mol. The van der Waals surface area contributed by atoms with Gasteiger partial charge < -0.3 is 9.88 Å². The molecule has 1 aliphatic rings. The number of carbonyl (C=O) groups is 1. The molecule has 0 bridgehead atoms. The van der Waals surface area contributed by atoms with Gasteiger partial charge in [0.2, 0.25) is 5.91 Å². The van der Waals surface area contributed by atoms with Crippen molar-refractivity contribution in [3.63, 3.8) is 0 Å². The molecule has 27 heavy (non-hydrogen) atoms. The Bertz CT molecular complexity index is 1050. The van der Waals surface area contributed by atoms with Gasteiger partial charge in [0.25, 0.3) is 5.56 Å². The Morgan fingerprint density at radius 2 is 1.89 bits per heavy atom. The van der Waals surface area contributed by atoms with Gasteiger partial charge in [-0.1, -0.05) is 35.9 Å². The van der Waals surface area contributed by atoms with Crippen LogP contribution in [0.1, 0.15) is 31.2 Å². The highest BCUT2D eigenvalue weighted by Gasteiger charge is 2.52. The minimum atomic E-state index is -0.474. The van der Waals surface area contributed by atoms with Crippen LogP contribution in [0.5, 0.6) is 0 Å². The van der Waals surface area contributed by atoms with Gasteiger partial charge in [0.05, 0.1) is 22.9 Å². The van der Waals surface area contributed by atoms with Crippen LogP contribution in [0.2, 0.25) is 5.02 Å². The molecule has 0 atom stereocenters. The molecule has 6 heteroatoms. The number of hydrogen-bond donors (Lipinski definition) is 1. The summed E-state index contributed by atoms with van der Waals surface area (Å²) in [6, 6.07) is 14.7. The zero-order chi connectivity index (χ0) is 19.0. The number of halogens is 1. The quantitative estimate of drug-likeness (QED) is 0.733. The van der Waals surface area contributed by atoms with Crippen molar-refractivity contribution < 1.29 is 4.79 Å². The van der Waals surface area contributed by atoms with E-state index in [1.807, 2.05) is 49.4 Å². The molecule has 4 rings (SSSR count). The lowest BCUT2D eigenvalue weighted by atomic mass is 9.94. The zero-order valence-electron chi connectivity index (χ0n) is 15.0. The number of nitrogens with zero attached hydrogens (tertiary/aromatic N) is 2. The van der Waals surface area contributed by atoms with Crippen molar-refractivity contribution >= 4 is 28.4 Å².